The summed E-state index contributed by atoms with van der Waals surface area (Å²) >= 11 is 0. The van der Waals surface area contributed by atoms with Crippen molar-refractivity contribution in [1.82, 2.24) is 9.55 Å². The molecule has 7 nitrogen and oxygen atoms in total. The fraction of sp³-hybridized carbons (Fsp3) is 0.176. The van der Waals surface area contributed by atoms with Gasteiger partial charge in [0.1, 0.15) is 5.82 Å². The highest BCUT2D eigenvalue weighted by Crippen LogP contribution is 2.27. The molecule has 0 unspecified atom stereocenters. The van der Waals surface area contributed by atoms with Crippen LogP contribution in [0.1, 0.15) is 5.56 Å². The smallest absolute Gasteiger partial charge is 0.271 e. The van der Waals surface area contributed by atoms with Crippen molar-refractivity contribution in [3.63, 3.8) is 0 Å². The lowest BCUT2D eigenvalue weighted by molar-refractivity contribution is -0.384. The van der Waals surface area contributed by atoms with Crippen LogP contribution in [0.25, 0.3) is 22.4 Å². The summed E-state index contributed by atoms with van der Waals surface area (Å²) in [5, 5.41) is 19.9. The van der Waals surface area contributed by atoms with Gasteiger partial charge in [0.05, 0.1) is 34.2 Å². The van der Waals surface area contributed by atoms with Crippen LogP contribution in [0.4, 0.5) is 5.69 Å². The molecule has 0 atom stereocenters. The second kappa shape index (κ2) is 6.48. The lowest BCUT2D eigenvalue weighted by atomic mass is 10.1. The number of nitriles is 1. The molecule has 120 valence electrons. The minimum absolute atomic E-state index is 0.00488. The third-order valence-corrected chi connectivity index (χ3v) is 3.73. The number of non-ortho nitro benzene ring substituents is 1. The van der Waals surface area contributed by atoms with Gasteiger partial charge in [-0.1, -0.05) is 0 Å². The minimum atomic E-state index is -0.436. The highest BCUT2D eigenvalue weighted by Gasteiger charge is 2.15. The molecule has 0 spiro atoms. The Morgan fingerprint density at radius 1 is 1.29 bits per heavy atom. The highest BCUT2D eigenvalue weighted by atomic mass is 16.6. The lowest BCUT2D eigenvalue weighted by Crippen LogP contribution is -2.06. The first-order chi connectivity index (χ1) is 11.6. The van der Waals surface area contributed by atoms with Crippen molar-refractivity contribution in [1.29, 1.82) is 5.26 Å². The van der Waals surface area contributed by atoms with Crippen LogP contribution in [0.5, 0.6) is 0 Å². The fourth-order valence-corrected chi connectivity index (χ4v) is 2.55. The zero-order valence-electron chi connectivity index (χ0n) is 13.0. The molecule has 0 bridgehead atoms. The topological polar surface area (TPSA) is 94.0 Å². The van der Waals surface area contributed by atoms with Gasteiger partial charge in [-0.15, -0.1) is 0 Å². The van der Waals surface area contributed by atoms with E-state index in [2.05, 4.69) is 11.1 Å². The van der Waals surface area contributed by atoms with Crippen molar-refractivity contribution in [3.8, 4) is 17.5 Å². The summed E-state index contributed by atoms with van der Waals surface area (Å²) in [5.41, 5.74) is 2.76. The number of nitrogens with zero attached hydrogens (tertiary/aromatic N) is 4. The molecule has 0 saturated heterocycles. The zero-order chi connectivity index (χ0) is 17.1. The largest absolute Gasteiger partial charge is 0.383 e. The molecular formula is C17H14N4O3. The predicted octanol–water partition coefficient (Wildman–Crippen LogP) is 3.13. The number of fused-ring (bicyclic) bond motifs is 1. The maximum Gasteiger partial charge on any atom is 0.271 e. The number of hydrogen-bond acceptors (Lipinski definition) is 5. The average molecular weight is 322 g/mol. The quantitative estimate of drug-likeness (QED) is 0.531. The van der Waals surface area contributed by atoms with Crippen LogP contribution < -0.4 is 0 Å². The van der Waals surface area contributed by atoms with E-state index in [-0.39, 0.29) is 5.69 Å². The van der Waals surface area contributed by atoms with Crippen LogP contribution in [0.2, 0.25) is 0 Å². The van der Waals surface area contributed by atoms with Gasteiger partial charge in [0.15, 0.2) is 0 Å². The van der Waals surface area contributed by atoms with Gasteiger partial charge >= 0.3 is 0 Å². The van der Waals surface area contributed by atoms with Gasteiger partial charge in [0, 0.05) is 31.4 Å². The normalized spacial score (nSPS) is 10.7. The molecule has 0 saturated carbocycles. The third kappa shape index (κ3) is 2.83. The Hall–Kier alpha value is -3.24. The monoisotopic (exact) mass is 322 g/mol. The number of ether oxygens (including phenoxy) is 1. The van der Waals surface area contributed by atoms with Gasteiger partial charge in [-0.2, -0.15) is 5.26 Å². The van der Waals surface area contributed by atoms with Crippen molar-refractivity contribution < 1.29 is 9.66 Å². The van der Waals surface area contributed by atoms with Crippen LogP contribution in [-0.4, -0.2) is 28.2 Å². The summed E-state index contributed by atoms with van der Waals surface area (Å²) in [5.74, 6) is 0.687. The summed E-state index contributed by atoms with van der Waals surface area (Å²) in [7, 11) is 1.62. The number of rotatable bonds is 5. The number of methoxy groups -OCH3 is 1. The van der Waals surface area contributed by atoms with E-state index in [1.807, 2.05) is 16.7 Å². The summed E-state index contributed by atoms with van der Waals surface area (Å²) in [4.78, 5) is 15.1. The molecular weight excluding hydrogens is 308 g/mol. The summed E-state index contributed by atoms with van der Waals surface area (Å²) < 4.78 is 7.12. The summed E-state index contributed by atoms with van der Waals surface area (Å²) in [6.45, 7) is 1.06. The summed E-state index contributed by atoms with van der Waals surface area (Å²) in [6, 6.07) is 13.8. The fourth-order valence-electron chi connectivity index (χ4n) is 2.55. The molecule has 24 heavy (non-hydrogen) atoms. The number of hydrogen-bond donors (Lipinski definition) is 0. The number of benzene rings is 2. The van der Waals surface area contributed by atoms with E-state index in [1.54, 1.807) is 25.3 Å². The lowest BCUT2D eigenvalue weighted by Gasteiger charge is -2.08. The molecule has 0 N–H and O–H groups in total. The Bertz CT molecular complexity index is 939. The van der Waals surface area contributed by atoms with Crippen LogP contribution in [0.3, 0.4) is 0 Å². The van der Waals surface area contributed by atoms with E-state index in [0.717, 1.165) is 11.1 Å². The molecule has 1 aromatic heterocycles. The SMILES string of the molecule is COCCn1c(-c2ccc(C#N)cc2)nc2cc([N+](=O)[O-])ccc21. The average Bonchev–Trinajstić information content (AvgIpc) is 2.97. The molecule has 1 heterocycles. The Balaban J connectivity index is 2.16. The second-order valence-electron chi connectivity index (χ2n) is 5.20. The van der Waals surface area contributed by atoms with Crippen molar-refractivity contribution in [3.05, 3.63) is 58.1 Å². The summed E-state index contributed by atoms with van der Waals surface area (Å²) in [6.07, 6.45) is 0. The van der Waals surface area contributed by atoms with Gasteiger partial charge in [0.25, 0.3) is 5.69 Å². The Labute approximate surface area is 137 Å². The van der Waals surface area contributed by atoms with Gasteiger partial charge in [-0.05, 0) is 30.3 Å². The molecule has 0 amide bonds. The van der Waals surface area contributed by atoms with Crippen LogP contribution in [0, 0.1) is 21.4 Å². The van der Waals surface area contributed by atoms with Gasteiger partial charge in [0.2, 0.25) is 0 Å². The Kier molecular flexibility index (Phi) is 4.22. The maximum absolute atomic E-state index is 11.0. The Morgan fingerprint density at radius 3 is 2.67 bits per heavy atom. The maximum atomic E-state index is 11.0. The highest BCUT2D eigenvalue weighted by molar-refractivity contribution is 5.82. The van der Waals surface area contributed by atoms with Crippen LogP contribution in [-0.2, 0) is 11.3 Å². The molecule has 3 aromatic rings. The minimum Gasteiger partial charge on any atom is -0.383 e. The van der Waals surface area contributed by atoms with E-state index in [0.29, 0.717) is 30.1 Å². The van der Waals surface area contributed by atoms with Crippen LogP contribution >= 0.6 is 0 Å². The van der Waals surface area contributed by atoms with Crippen LogP contribution in [0.15, 0.2) is 42.5 Å². The first-order valence-electron chi connectivity index (χ1n) is 7.28. The predicted molar refractivity (Wildman–Crippen MR) is 88.4 cm³/mol. The van der Waals surface area contributed by atoms with E-state index in [9.17, 15) is 10.1 Å². The van der Waals surface area contributed by atoms with Crippen molar-refractivity contribution in [2.45, 2.75) is 6.54 Å². The number of nitro benzene ring substituents is 1. The first kappa shape index (κ1) is 15.6. The Morgan fingerprint density at radius 2 is 2.04 bits per heavy atom. The second-order valence-corrected chi connectivity index (χ2v) is 5.20. The van der Waals surface area contributed by atoms with E-state index < -0.39 is 4.92 Å². The molecule has 3 rings (SSSR count). The number of imidazole rings is 1. The molecule has 0 aliphatic carbocycles. The molecule has 0 fully saturated rings. The number of nitro groups is 1. The van der Waals surface area contributed by atoms with Crippen molar-refractivity contribution in [2.24, 2.45) is 0 Å². The van der Waals surface area contributed by atoms with Crippen molar-refractivity contribution in [2.75, 3.05) is 13.7 Å². The number of aromatic nitrogens is 2. The molecule has 0 radical (unpaired) electrons. The van der Waals surface area contributed by atoms with Gasteiger partial charge in [-0.25, -0.2) is 4.98 Å². The molecule has 2 aromatic carbocycles. The molecule has 7 heteroatoms. The van der Waals surface area contributed by atoms with Gasteiger partial charge in [-0.3, -0.25) is 10.1 Å². The molecule has 0 aliphatic rings. The first-order valence-corrected chi connectivity index (χ1v) is 7.28. The van der Waals surface area contributed by atoms with E-state index in [1.165, 1.54) is 12.1 Å². The molecule has 0 aliphatic heterocycles. The van der Waals surface area contributed by atoms with Gasteiger partial charge < -0.3 is 9.30 Å². The third-order valence-electron chi connectivity index (χ3n) is 3.73. The van der Waals surface area contributed by atoms with E-state index in [4.69, 9.17) is 10.00 Å². The zero-order valence-corrected chi connectivity index (χ0v) is 13.0. The van der Waals surface area contributed by atoms with E-state index >= 15 is 0 Å². The van der Waals surface area contributed by atoms with Crippen molar-refractivity contribution >= 4 is 16.7 Å². The standard InChI is InChI=1S/C17H14N4O3/c1-24-9-8-20-16-7-6-14(21(22)23)10-15(16)19-17(20)13-4-2-12(11-18)3-5-13/h2-7,10H,8-9H2,1H3.